The van der Waals surface area contributed by atoms with E-state index >= 15 is 0 Å². The van der Waals surface area contributed by atoms with Crippen LogP contribution in [-0.4, -0.2) is 32.8 Å². The highest BCUT2D eigenvalue weighted by molar-refractivity contribution is 5.88. The van der Waals surface area contributed by atoms with E-state index in [1.807, 2.05) is 0 Å². The van der Waals surface area contributed by atoms with Crippen molar-refractivity contribution in [2.45, 2.75) is 19.7 Å². The van der Waals surface area contributed by atoms with E-state index in [1.165, 1.54) is 30.0 Å². The second-order valence-electron chi connectivity index (χ2n) is 5.53. The van der Waals surface area contributed by atoms with Crippen LogP contribution in [-0.2, 0) is 11.3 Å². The second kappa shape index (κ2) is 6.96. The van der Waals surface area contributed by atoms with Gasteiger partial charge in [-0.05, 0) is 30.2 Å². The number of nitrogens with zero attached hydrogens (tertiary/aromatic N) is 3. The summed E-state index contributed by atoms with van der Waals surface area (Å²) in [7, 11) is 1.27. The number of ether oxygens (including phenoxy) is 1. The van der Waals surface area contributed by atoms with Gasteiger partial charge in [0.25, 0.3) is 0 Å². The van der Waals surface area contributed by atoms with Crippen LogP contribution in [0.25, 0.3) is 5.65 Å². The molecule has 0 fully saturated rings. The third-order valence-corrected chi connectivity index (χ3v) is 3.78. The lowest BCUT2D eigenvalue weighted by Crippen LogP contribution is -2.23. The number of aliphatic hydroxyl groups excluding tert-OH is 1. The van der Waals surface area contributed by atoms with Gasteiger partial charge in [-0.3, -0.25) is 5.32 Å². The lowest BCUT2D eigenvalue weighted by molar-refractivity contribution is 0.0589. The summed E-state index contributed by atoms with van der Waals surface area (Å²) in [4.78, 5) is 16.2. The Morgan fingerprint density at radius 3 is 2.92 bits per heavy atom. The average Bonchev–Trinajstić information content (AvgIpc) is 3.09. The third kappa shape index (κ3) is 3.49. The van der Waals surface area contributed by atoms with Gasteiger partial charge >= 0.3 is 5.97 Å². The van der Waals surface area contributed by atoms with Crippen LogP contribution in [0.4, 0.5) is 4.39 Å². The Bertz CT molecular complexity index is 925. The van der Waals surface area contributed by atoms with Crippen molar-refractivity contribution in [3.63, 3.8) is 0 Å². The number of carbonyl (C=O) groups excluding carboxylic acids is 1. The van der Waals surface area contributed by atoms with Gasteiger partial charge in [-0.1, -0.05) is 12.1 Å². The van der Waals surface area contributed by atoms with Crippen LogP contribution in [0.5, 0.6) is 0 Å². The molecule has 0 bridgehead atoms. The minimum atomic E-state index is -1.12. The number of esters is 1. The fourth-order valence-electron chi connectivity index (χ4n) is 2.46. The Morgan fingerprint density at radius 1 is 1.40 bits per heavy atom. The van der Waals surface area contributed by atoms with Gasteiger partial charge in [-0.2, -0.15) is 5.10 Å². The van der Waals surface area contributed by atoms with Crippen LogP contribution >= 0.6 is 0 Å². The first-order chi connectivity index (χ1) is 12.0. The number of aromatic nitrogens is 3. The molecule has 0 radical (unpaired) electrons. The smallest absolute Gasteiger partial charge is 0.356 e. The van der Waals surface area contributed by atoms with Crippen molar-refractivity contribution >= 4 is 11.6 Å². The van der Waals surface area contributed by atoms with Gasteiger partial charge in [-0.15, -0.1) is 0 Å². The first-order valence-corrected chi connectivity index (χ1v) is 7.59. The van der Waals surface area contributed by atoms with E-state index in [1.54, 1.807) is 25.1 Å². The van der Waals surface area contributed by atoms with Crippen molar-refractivity contribution in [3.05, 3.63) is 64.9 Å². The summed E-state index contributed by atoms with van der Waals surface area (Å²) in [6, 6.07) is 7.74. The van der Waals surface area contributed by atoms with Crippen molar-refractivity contribution in [2.75, 3.05) is 7.11 Å². The molecule has 0 saturated heterocycles. The van der Waals surface area contributed by atoms with Crippen LogP contribution in [0.2, 0.25) is 0 Å². The molecule has 1 unspecified atom stereocenters. The monoisotopic (exact) mass is 344 g/mol. The molecule has 0 spiro atoms. The minimum absolute atomic E-state index is 0.158. The number of benzene rings is 1. The van der Waals surface area contributed by atoms with Crippen molar-refractivity contribution in [2.24, 2.45) is 0 Å². The predicted octanol–water partition coefficient (Wildman–Crippen LogP) is 1.74. The van der Waals surface area contributed by atoms with Gasteiger partial charge in [0.1, 0.15) is 12.0 Å². The fraction of sp³-hybridized carbons (Fsp3) is 0.235. The van der Waals surface area contributed by atoms with Crippen molar-refractivity contribution in [1.82, 2.24) is 19.9 Å². The summed E-state index contributed by atoms with van der Waals surface area (Å²) in [6.07, 6.45) is 0.383. The van der Waals surface area contributed by atoms with Crippen LogP contribution in [0.15, 0.2) is 36.5 Å². The predicted molar refractivity (Wildman–Crippen MR) is 87.3 cm³/mol. The second-order valence-corrected chi connectivity index (χ2v) is 5.53. The average molecular weight is 344 g/mol. The molecule has 7 nitrogen and oxygen atoms in total. The Labute approximate surface area is 143 Å². The van der Waals surface area contributed by atoms with Crippen LogP contribution in [0, 0.1) is 12.7 Å². The zero-order chi connectivity index (χ0) is 18.0. The van der Waals surface area contributed by atoms with Crippen LogP contribution in [0.3, 0.4) is 0 Å². The maximum absolute atomic E-state index is 13.3. The molecule has 0 saturated carbocycles. The van der Waals surface area contributed by atoms with Gasteiger partial charge in [0, 0.05) is 12.6 Å². The standard InChI is InChI=1S/C17H17FN4O3/c1-10-7-11(3-4-12(10)18)9-19-16(23)13-8-14(17(24)25-2)22-15(21-13)5-6-20-22/h3-8,16,19,23H,9H2,1-2H3. The highest BCUT2D eigenvalue weighted by Crippen LogP contribution is 2.15. The van der Waals surface area contributed by atoms with Gasteiger partial charge < -0.3 is 9.84 Å². The lowest BCUT2D eigenvalue weighted by atomic mass is 10.1. The number of aliphatic hydroxyl groups is 1. The fourth-order valence-corrected chi connectivity index (χ4v) is 2.46. The Kier molecular flexibility index (Phi) is 4.73. The first kappa shape index (κ1) is 17.0. The highest BCUT2D eigenvalue weighted by Gasteiger charge is 2.18. The number of carbonyl (C=O) groups is 1. The van der Waals surface area contributed by atoms with Crippen molar-refractivity contribution < 1.29 is 19.0 Å². The number of hydrogen-bond donors (Lipinski definition) is 2. The minimum Gasteiger partial charge on any atom is -0.464 e. The number of rotatable bonds is 5. The number of nitrogens with one attached hydrogen (secondary N) is 1. The molecule has 25 heavy (non-hydrogen) atoms. The molecule has 1 atom stereocenters. The zero-order valence-corrected chi connectivity index (χ0v) is 13.7. The summed E-state index contributed by atoms with van der Waals surface area (Å²) >= 11 is 0. The Morgan fingerprint density at radius 2 is 2.20 bits per heavy atom. The van der Waals surface area contributed by atoms with Crippen LogP contribution < -0.4 is 5.32 Å². The van der Waals surface area contributed by atoms with Gasteiger partial charge in [0.05, 0.1) is 19.0 Å². The maximum atomic E-state index is 13.3. The molecule has 2 heterocycles. The van der Waals surface area contributed by atoms with Crippen molar-refractivity contribution in [1.29, 1.82) is 0 Å². The number of hydrogen-bond acceptors (Lipinski definition) is 6. The molecule has 3 aromatic rings. The third-order valence-electron chi connectivity index (χ3n) is 3.78. The van der Waals surface area contributed by atoms with E-state index in [0.717, 1.165) is 5.56 Å². The quantitative estimate of drug-likeness (QED) is 0.541. The van der Waals surface area contributed by atoms with E-state index < -0.39 is 12.2 Å². The van der Waals surface area contributed by atoms with E-state index in [2.05, 4.69) is 15.4 Å². The molecule has 1 aromatic carbocycles. The van der Waals surface area contributed by atoms with Gasteiger partial charge in [0.2, 0.25) is 0 Å². The first-order valence-electron chi connectivity index (χ1n) is 7.59. The van der Waals surface area contributed by atoms with E-state index in [0.29, 0.717) is 17.8 Å². The number of halogens is 1. The summed E-state index contributed by atoms with van der Waals surface area (Å²) in [5, 5.41) is 17.3. The Hall–Kier alpha value is -2.84. The number of fused-ring (bicyclic) bond motifs is 1. The topological polar surface area (TPSA) is 88.8 Å². The zero-order valence-electron chi connectivity index (χ0n) is 13.7. The van der Waals surface area contributed by atoms with Gasteiger partial charge in [-0.25, -0.2) is 18.7 Å². The summed E-state index contributed by atoms with van der Waals surface area (Å²) in [6.45, 7) is 1.98. The van der Waals surface area contributed by atoms with E-state index in [9.17, 15) is 14.3 Å². The molecule has 0 aliphatic carbocycles. The lowest BCUT2D eigenvalue weighted by Gasteiger charge is -2.14. The maximum Gasteiger partial charge on any atom is 0.356 e. The molecule has 3 rings (SSSR count). The van der Waals surface area contributed by atoms with Crippen LogP contribution in [0.1, 0.15) is 33.5 Å². The van der Waals surface area contributed by atoms with Gasteiger partial charge in [0.15, 0.2) is 11.3 Å². The molecule has 0 aliphatic rings. The van der Waals surface area contributed by atoms with E-state index in [4.69, 9.17) is 4.74 Å². The summed E-state index contributed by atoms with van der Waals surface area (Å²) in [5.74, 6) is -0.862. The SMILES string of the molecule is COC(=O)c1cc(C(O)NCc2ccc(F)c(C)c2)nc2ccnn12. The molecule has 0 amide bonds. The Balaban J connectivity index is 1.82. The normalized spacial score (nSPS) is 12.3. The molecule has 8 heteroatoms. The molecule has 130 valence electrons. The number of methoxy groups -OCH3 is 1. The molecule has 0 aliphatic heterocycles. The highest BCUT2D eigenvalue weighted by atomic mass is 19.1. The molecular weight excluding hydrogens is 327 g/mol. The van der Waals surface area contributed by atoms with E-state index in [-0.39, 0.29) is 17.2 Å². The molecule has 2 aromatic heterocycles. The van der Waals surface area contributed by atoms with Crippen molar-refractivity contribution in [3.8, 4) is 0 Å². The number of aryl methyl sites for hydroxylation is 1. The summed E-state index contributed by atoms with van der Waals surface area (Å²) < 4.78 is 19.4. The largest absolute Gasteiger partial charge is 0.464 e. The molecule has 2 N–H and O–H groups in total. The molecular formula is C17H17FN4O3. The summed E-state index contributed by atoms with van der Waals surface area (Å²) in [5.41, 5.74) is 2.17.